The van der Waals surface area contributed by atoms with E-state index in [-0.39, 0.29) is 5.91 Å². The van der Waals surface area contributed by atoms with Crippen LogP contribution >= 0.6 is 0 Å². The molecule has 0 atom stereocenters. The second-order valence-corrected chi connectivity index (χ2v) is 8.30. The van der Waals surface area contributed by atoms with E-state index < -0.39 is 0 Å². The van der Waals surface area contributed by atoms with Crippen LogP contribution in [-0.2, 0) is 12.8 Å². The summed E-state index contributed by atoms with van der Waals surface area (Å²) in [5, 5.41) is 4.83. The van der Waals surface area contributed by atoms with Crippen molar-refractivity contribution in [2.24, 2.45) is 0 Å². The van der Waals surface area contributed by atoms with Gasteiger partial charge in [-0.3, -0.25) is 4.79 Å². The number of benzene rings is 2. The SMILES string of the molecule is COc1ccc(N2CCN(C(=O)c3nn(-c4ccccc4C)c4c3CCC4)CC2)cc1. The Labute approximate surface area is 183 Å². The highest BCUT2D eigenvalue weighted by atomic mass is 16.5. The maximum atomic E-state index is 13.4. The molecule has 1 amide bonds. The first kappa shape index (κ1) is 19.7. The quantitative estimate of drug-likeness (QED) is 0.652. The Bertz CT molecular complexity index is 1100. The molecule has 1 fully saturated rings. The van der Waals surface area contributed by atoms with Gasteiger partial charge in [0.1, 0.15) is 5.75 Å². The Morgan fingerprint density at radius 1 is 0.968 bits per heavy atom. The van der Waals surface area contributed by atoms with Crippen LogP contribution in [0.5, 0.6) is 5.75 Å². The van der Waals surface area contributed by atoms with Crippen LogP contribution in [0.25, 0.3) is 5.69 Å². The van der Waals surface area contributed by atoms with E-state index in [2.05, 4.69) is 36.1 Å². The van der Waals surface area contributed by atoms with Gasteiger partial charge in [0.25, 0.3) is 5.91 Å². The van der Waals surface area contributed by atoms with Crippen molar-refractivity contribution in [1.82, 2.24) is 14.7 Å². The molecule has 1 aromatic heterocycles. The maximum absolute atomic E-state index is 13.4. The van der Waals surface area contributed by atoms with Gasteiger partial charge in [-0.1, -0.05) is 18.2 Å². The average Bonchev–Trinajstić information content (AvgIpc) is 3.42. The smallest absolute Gasteiger partial charge is 0.274 e. The van der Waals surface area contributed by atoms with Crippen molar-refractivity contribution in [2.75, 3.05) is 38.2 Å². The van der Waals surface area contributed by atoms with Gasteiger partial charge < -0.3 is 14.5 Å². The topological polar surface area (TPSA) is 50.6 Å². The van der Waals surface area contributed by atoms with E-state index >= 15 is 0 Å². The second-order valence-electron chi connectivity index (χ2n) is 8.30. The summed E-state index contributed by atoms with van der Waals surface area (Å²) in [5.41, 5.74) is 6.41. The highest BCUT2D eigenvalue weighted by Crippen LogP contribution is 2.30. The molecule has 0 N–H and O–H groups in total. The summed E-state index contributed by atoms with van der Waals surface area (Å²) < 4.78 is 7.26. The number of nitrogens with zero attached hydrogens (tertiary/aromatic N) is 4. The Kier molecular flexibility index (Phi) is 5.14. The van der Waals surface area contributed by atoms with Crippen LogP contribution in [0.4, 0.5) is 5.69 Å². The fraction of sp³-hybridized carbons (Fsp3) is 0.360. The monoisotopic (exact) mass is 416 g/mol. The number of carbonyl (C=O) groups is 1. The van der Waals surface area contributed by atoms with Gasteiger partial charge in [0.15, 0.2) is 5.69 Å². The maximum Gasteiger partial charge on any atom is 0.274 e. The predicted octanol–water partition coefficient (Wildman–Crippen LogP) is 3.64. The third-order valence-electron chi connectivity index (χ3n) is 6.48. The Balaban J connectivity index is 1.34. The molecular weight excluding hydrogens is 388 g/mol. The van der Waals surface area contributed by atoms with Crippen molar-refractivity contribution >= 4 is 11.6 Å². The number of methoxy groups -OCH3 is 1. The molecule has 1 saturated heterocycles. The summed E-state index contributed by atoms with van der Waals surface area (Å²) in [7, 11) is 1.68. The molecule has 1 aliphatic carbocycles. The minimum atomic E-state index is 0.0693. The molecule has 1 aliphatic heterocycles. The molecule has 6 nitrogen and oxygen atoms in total. The lowest BCUT2D eigenvalue weighted by molar-refractivity contribution is 0.0739. The highest BCUT2D eigenvalue weighted by molar-refractivity contribution is 5.94. The number of ether oxygens (including phenoxy) is 1. The molecular formula is C25H28N4O2. The number of anilines is 1. The minimum absolute atomic E-state index is 0.0693. The van der Waals surface area contributed by atoms with Crippen molar-refractivity contribution in [3.05, 3.63) is 71.0 Å². The van der Waals surface area contributed by atoms with Crippen molar-refractivity contribution < 1.29 is 9.53 Å². The van der Waals surface area contributed by atoms with E-state index in [0.29, 0.717) is 18.8 Å². The van der Waals surface area contributed by atoms with Gasteiger partial charge in [-0.15, -0.1) is 0 Å². The fourth-order valence-corrected chi connectivity index (χ4v) is 4.72. The van der Waals surface area contributed by atoms with Crippen LogP contribution in [-0.4, -0.2) is 53.9 Å². The summed E-state index contributed by atoms with van der Waals surface area (Å²) in [6.45, 7) is 5.14. The molecule has 0 bridgehead atoms. The zero-order valence-corrected chi connectivity index (χ0v) is 18.2. The molecule has 6 heteroatoms. The number of amides is 1. The zero-order chi connectivity index (χ0) is 21.4. The molecule has 160 valence electrons. The van der Waals surface area contributed by atoms with Gasteiger partial charge >= 0.3 is 0 Å². The van der Waals surface area contributed by atoms with Crippen molar-refractivity contribution in [1.29, 1.82) is 0 Å². The first-order chi connectivity index (χ1) is 15.2. The zero-order valence-electron chi connectivity index (χ0n) is 18.2. The third-order valence-corrected chi connectivity index (χ3v) is 6.48. The first-order valence-corrected chi connectivity index (χ1v) is 11.0. The summed E-state index contributed by atoms with van der Waals surface area (Å²) in [4.78, 5) is 17.7. The average molecular weight is 417 g/mol. The summed E-state index contributed by atoms with van der Waals surface area (Å²) in [6.07, 6.45) is 3.01. The fourth-order valence-electron chi connectivity index (χ4n) is 4.72. The highest BCUT2D eigenvalue weighted by Gasteiger charge is 2.31. The number of carbonyl (C=O) groups excluding carboxylic acids is 1. The van der Waals surface area contributed by atoms with E-state index in [1.54, 1.807) is 7.11 Å². The van der Waals surface area contributed by atoms with E-state index in [9.17, 15) is 4.79 Å². The van der Waals surface area contributed by atoms with E-state index in [0.717, 1.165) is 55.0 Å². The molecule has 3 aromatic rings. The van der Waals surface area contributed by atoms with Crippen molar-refractivity contribution in [3.8, 4) is 11.4 Å². The molecule has 0 radical (unpaired) electrons. The van der Waals surface area contributed by atoms with Crippen molar-refractivity contribution in [2.45, 2.75) is 26.2 Å². The molecule has 31 heavy (non-hydrogen) atoms. The molecule has 2 aliphatic rings. The lowest BCUT2D eigenvalue weighted by Gasteiger charge is -2.36. The first-order valence-electron chi connectivity index (χ1n) is 11.0. The van der Waals surface area contributed by atoms with Crippen LogP contribution < -0.4 is 9.64 Å². The molecule has 0 spiro atoms. The van der Waals surface area contributed by atoms with Gasteiger partial charge in [0, 0.05) is 43.1 Å². The van der Waals surface area contributed by atoms with Crippen LogP contribution in [0, 0.1) is 6.92 Å². The van der Waals surface area contributed by atoms with E-state index in [1.807, 2.05) is 33.8 Å². The number of rotatable bonds is 4. The Hall–Kier alpha value is -3.28. The van der Waals surface area contributed by atoms with Crippen LogP contribution in [0.3, 0.4) is 0 Å². The van der Waals surface area contributed by atoms with E-state index in [4.69, 9.17) is 9.84 Å². The van der Waals surface area contributed by atoms with E-state index in [1.165, 1.54) is 11.3 Å². The summed E-state index contributed by atoms with van der Waals surface area (Å²) in [6, 6.07) is 16.4. The van der Waals surface area contributed by atoms with Gasteiger partial charge in [0.2, 0.25) is 0 Å². The van der Waals surface area contributed by atoms with Gasteiger partial charge in [-0.25, -0.2) is 4.68 Å². The molecule has 2 heterocycles. The number of para-hydroxylation sites is 1. The Morgan fingerprint density at radius 3 is 2.42 bits per heavy atom. The summed E-state index contributed by atoms with van der Waals surface area (Å²) >= 11 is 0. The molecule has 0 unspecified atom stereocenters. The number of hydrogen-bond donors (Lipinski definition) is 0. The van der Waals surface area contributed by atoms with Gasteiger partial charge in [-0.05, 0) is 62.1 Å². The second kappa shape index (κ2) is 8.10. The lowest BCUT2D eigenvalue weighted by atomic mass is 10.1. The molecule has 2 aromatic carbocycles. The lowest BCUT2D eigenvalue weighted by Crippen LogP contribution is -2.49. The predicted molar refractivity (Wildman–Crippen MR) is 121 cm³/mol. The number of aryl methyl sites for hydroxylation is 1. The molecule has 0 saturated carbocycles. The third kappa shape index (κ3) is 3.56. The molecule has 5 rings (SSSR count). The largest absolute Gasteiger partial charge is 0.497 e. The number of hydrogen-bond acceptors (Lipinski definition) is 4. The van der Waals surface area contributed by atoms with Crippen molar-refractivity contribution in [3.63, 3.8) is 0 Å². The van der Waals surface area contributed by atoms with Gasteiger partial charge in [0.05, 0.1) is 12.8 Å². The standard InChI is InChI=1S/C25H28N4O2/c1-18-6-3-4-8-22(18)29-23-9-5-7-21(23)24(26-29)25(30)28-16-14-27(15-17-28)19-10-12-20(31-2)13-11-19/h3-4,6,8,10-13H,5,7,9,14-17H2,1-2H3. The normalized spacial score (nSPS) is 15.8. The number of fused-ring (bicyclic) bond motifs is 1. The van der Waals surface area contributed by atoms with Crippen LogP contribution in [0.15, 0.2) is 48.5 Å². The van der Waals surface area contributed by atoms with Crippen LogP contribution in [0.2, 0.25) is 0 Å². The number of piperazine rings is 1. The Morgan fingerprint density at radius 2 is 1.71 bits per heavy atom. The van der Waals surface area contributed by atoms with Gasteiger partial charge in [-0.2, -0.15) is 5.10 Å². The number of aromatic nitrogens is 2. The summed E-state index contributed by atoms with van der Waals surface area (Å²) in [5.74, 6) is 0.926. The minimum Gasteiger partial charge on any atom is -0.497 e. The van der Waals surface area contributed by atoms with Crippen LogP contribution in [0.1, 0.15) is 33.7 Å².